The second-order valence-corrected chi connectivity index (χ2v) is 8.08. The van der Waals surface area contributed by atoms with E-state index in [1.54, 1.807) is 24.3 Å². The van der Waals surface area contributed by atoms with Gasteiger partial charge in [-0.2, -0.15) is 0 Å². The smallest absolute Gasteiger partial charge is 0.334 e. The van der Waals surface area contributed by atoms with Crippen molar-refractivity contribution < 1.29 is 24.9 Å². The molecule has 0 bridgehead atoms. The fourth-order valence-corrected chi connectivity index (χ4v) is 4.19. The Hall–Kier alpha value is -1.35. The number of hydrogen-bond acceptors (Lipinski definition) is 5. The summed E-state index contributed by atoms with van der Waals surface area (Å²) < 4.78 is 6.44. The molecule has 5 nitrogen and oxygen atoms in total. The minimum atomic E-state index is -1.86. The Balaban J connectivity index is 2.01. The number of rotatable bonds is 3. The predicted molar refractivity (Wildman–Crippen MR) is 102 cm³/mol. The second-order valence-electron chi connectivity index (χ2n) is 5.51. The van der Waals surface area contributed by atoms with Crippen LogP contribution in [-0.2, 0) is 16.0 Å². The highest BCUT2D eigenvalue weighted by molar-refractivity contribution is 9.11. The van der Waals surface area contributed by atoms with Crippen molar-refractivity contribution in [3.8, 4) is 11.5 Å². The van der Waals surface area contributed by atoms with Gasteiger partial charge in [0.2, 0.25) is 5.79 Å². The van der Waals surface area contributed by atoms with Crippen molar-refractivity contribution in [2.24, 2.45) is 0 Å². The number of aromatic hydroxyl groups is 2. The fourth-order valence-electron chi connectivity index (χ4n) is 2.58. The third-order valence-electron chi connectivity index (χ3n) is 3.74. The molecule has 1 atom stereocenters. The molecule has 1 aliphatic rings. The third-order valence-corrected chi connectivity index (χ3v) is 5.58. The van der Waals surface area contributed by atoms with E-state index in [1.165, 1.54) is 12.1 Å². The first kappa shape index (κ1) is 18.4. The number of cyclic esters (lactones) is 1. The predicted octanol–water partition coefficient (Wildman–Crippen LogP) is 4.26. The zero-order valence-corrected chi connectivity index (χ0v) is 17.2. The Morgan fingerprint density at radius 2 is 1.64 bits per heavy atom. The van der Waals surface area contributed by atoms with Gasteiger partial charge in [0.15, 0.2) is 0 Å². The van der Waals surface area contributed by atoms with Crippen LogP contribution in [0.4, 0.5) is 0 Å². The molecule has 2 aromatic rings. The van der Waals surface area contributed by atoms with Crippen molar-refractivity contribution in [2.75, 3.05) is 0 Å². The van der Waals surface area contributed by atoms with Crippen LogP contribution in [0.25, 0.3) is 5.57 Å². The van der Waals surface area contributed by atoms with Gasteiger partial charge >= 0.3 is 5.97 Å². The summed E-state index contributed by atoms with van der Waals surface area (Å²) in [5, 5.41) is 30.4. The molecule has 1 unspecified atom stereocenters. The summed E-state index contributed by atoms with van der Waals surface area (Å²) in [5.41, 5.74) is 1.45. The van der Waals surface area contributed by atoms with Crippen LogP contribution >= 0.6 is 47.8 Å². The van der Waals surface area contributed by atoms with Crippen LogP contribution < -0.4 is 0 Å². The van der Waals surface area contributed by atoms with Crippen LogP contribution in [0.5, 0.6) is 11.5 Å². The van der Waals surface area contributed by atoms with E-state index in [0.717, 1.165) is 0 Å². The number of phenolic OH excluding ortho intramolecular Hbond substituents is 2. The zero-order valence-electron chi connectivity index (χ0n) is 12.5. The highest BCUT2D eigenvalue weighted by atomic mass is 79.9. The Morgan fingerprint density at radius 3 is 2.24 bits per heavy atom. The topological polar surface area (TPSA) is 87.0 Å². The van der Waals surface area contributed by atoms with Gasteiger partial charge in [-0.3, -0.25) is 0 Å². The van der Waals surface area contributed by atoms with E-state index in [0.29, 0.717) is 24.5 Å². The molecule has 2 aromatic carbocycles. The lowest BCUT2D eigenvalue weighted by molar-refractivity contribution is -0.174. The number of hydrogen-bond donors (Lipinski definition) is 3. The normalized spacial score (nSPS) is 19.7. The second kappa shape index (κ2) is 6.75. The van der Waals surface area contributed by atoms with Crippen LogP contribution in [0, 0.1) is 0 Å². The average molecular weight is 535 g/mol. The number of phenols is 2. The molecule has 3 rings (SSSR count). The maximum absolute atomic E-state index is 11.8. The molecule has 0 saturated carbocycles. The molecule has 0 aromatic heterocycles. The van der Waals surface area contributed by atoms with Crippen molar-refractivity contribution in [2.45, 2.75) is 12.2 Å². The number of ether oxygens (including phenoxy) is 1. The maximum Gasteiger partial charge on any atom is 0.334 e. The van der Waals surface area contributed by atoms with Crippen molar-refractivity contribution in [3.63, 3.8) is 0 Å². The number of carbonyl (C=O) groups excluding carboxylic acids is 1. The first-order chi connectivity index (χ1) is 11.7. The number of benzene rings is 2. The maximum atomic E-state index is 11.8. The Morgan fingerprint density at radius 1 is 1.00 bits per heavy atom. The summed E-state index contributed by atoms with van der Waals surface area (Å²) in [4.78, 5) is 11.8. The van der Waals surface area contributed by atoms with Gasteiger partial charge in [0.25, 0.3) is 0 Å². The van der Waals surface area contributed by atoms with Crippen LogP contribution in [0.3, 0.4) is 0 Å². The Labute approximate surface area is 168 Å². The van der Waals surface area contributed by atoms with Gasteiger partial charge in [-0.05, 0) is 83.2 Å². The largest absolute Gasteiger partial charge is 0.507 e. The summed E-state index contributed by atoms with van der Waals surface area (Å²) in [6.07, 6.45) is 1.22. The Bertz CT molecular complexity index is 886. The van der Waals surface area contributed by atoms with E-state index in [1.807, 2.05) is 0 Å². The van der Waals surface area contributed by atoms with E-state index in [-0.39, 0.29) is 23.5 Å². The Kier molecular flexibility index (Phi) is 4.98. The van der Waals surface area contributed by atoms with E-state index >= 15 is 0 Å². The summed E-state index contributed by atoms with van der Waals surface area (Å²) in [6, 6.07) is 7.93. The molecule has 1 heterocycles. The van der Waals surface area contributed by atoms with E-state index in [9.17, 15) is 20.1 Å². The van der Waals surface area contributed by atoms with E-state index < -0.39 is 11.8 Å². The molecular formula is C17H11Br3O5. The van der Waals surface area contributed by atoms with Crippen molar-refractivity contribution in [3.05, 3.63) is 61.0 Å². The summed E-state index contributed by atoms with van der Waals surface area (Å²) >= 11 is 9.68. The molecule has 0 amide bonds. The van der Waals surface area contributed by atoms with Gasteiger partial charge in [-0.1, -0.05) is 6.07 Å². The van der Waals surface area contributed by atoms with Crippen LogP contribution in [0.1, 0.15) is 11.1 Å². The molecule has 0 aliphatic carbocycles. The van der Waals surface area contributed by atoms with Crippen molar-refractivity contribution in [1.29, 1.82) is 0 Å². The molecule has 130 valence electrons. The standard InChI is InChI=1S/C17H11Br3O5/c18-11-3-8(1-2-14(11)21)7-17(24)10(6-15(22)25-17)9-4-12(19)16(23)13(20)5-9/h1-6,21,23-24H,7H2. The lowest BCUT2D eigenvalue weighted by Crippen LogP contribution is -2.33. The molecule has 0 saturated heterocycles. The third kappa shape index (κ3) is 3.62. The molecule has 25 heavy (non-hydrogen) atoms. The first-order valence-electron chi connectivity index (χ1n) is 7.03. The molecule has 0 fully saturated rings. The fraction of sp³-hybridized carbons (Fsp3) is 0.118. The number of aliphatic hydroxyl groups is 1. The van der Waals surface area contributed by atoms with Crippen molar-refractivity contribution in [1.82, 2.24) is 0 Å². The van der Waals surface area contributed by atoms with Gasteiger partial charge in [-0.25, -0.2) is 4.79 Å². The van der Waals surface area contributed by atoms with Gasteiger partial charge in [-0.15, -0.1) is 0 Å². The molecule has 3 N–H and O–H groups in total. The van der Waals surface area contributed by atoms with Gasteiger partial charge in [0.1, 0.15) is 11.5 Å². The van der Waals surface area contributed by atoms with E-state index in [2.05, 4.69) is 47.8 Å². The number of carbonyl (C=O) groups is 1. The zero-order chi connectivity index (χ0) is 18.4. The SMILES string of the molecule is O=C1C=C(c2cc(Br)c(O)c(Br)c2)C(O)(Cc2ccc(O)c(Br)c2)O1. The highest BCUT2D eigenvalue weighted by Gasteiger charge is 2.42. The molecular weight excluding hydrogens is 524 g/mol. The summed E-state index contributed by atoms with van der Waals surface area (Å²) in [6.45, 7) is 0. The van der Waals surface area contributed by atoms with Crippen molar-refractivity contribution >= 4 is 59.3 Å². The minimum Gasteiger partial charge on any atom is -0.507 e. The lowest BCUT2D eigenvalue weighted by Gasteiger charge is -2.26. The number of esters is 1. The monoisotopic (exact) mass is 532 g/mol. The van der Waals surface area contributed by atoms with Gasteiger partial charge in [0, 0.05) is 18.1 Å². The van der Waals surface area contributed by atoms with E-state index in [4.69, 9.17) is 4.74 Å². The molecule has 0 radical (unpaired) electrons. The highest BCUT2D eigenvalue weighted by Crippen LogP contribution is 2.42. The van der Waals surface area contributed by atoms with Gasteiger partial charge < -0.3 is 20.1 Å². The average Bonchev–Trinajstić information content (AvgIpc) is 2.82. The first-order valence-corrected chi connectivity index (χ1v) is 9.41. The quantitative estimate of drug-likeness (QED) is 0.512. The molecule has 1 aliphatic heterocycles. The van der Waals surface area contributed by atoms with Crippen LogP contribution in [-0.4, -0.2) is 27.1 Å². The molecule has 0 spiro atoms. The molecule has 8 heteroatoms. The summed E-state index contributed by atoms with van der Waals surface area (Å²) in [7, 11) is 0. The van der Waals surface area contributed by atoms with Crippen LogP contribution in [0.2, 0.25) is 0 Å². The van der Waals surface area contributed by atoms with Crippen LogP contribution in [0.15, 0.2) is 49.8 Å². The number of halogens is 3. The summed E-state index contributed by atoms with van der Waals surface area (Å²) in [5.74, 6) is -2.43. The lowest BCUT2D eigenvalue weighted by atomic mass is 9.93. The van der Waals surface area contributed by atoms with Gasteiger partial charge in [0.05, 0.1) is 13.4 Å². The minimum absolute atomic E-state index is 0.000429.